The molecule has 12 heavy (non-hydrogen) atoms. The number of aliphatic hydroxyl groups excluding tert-OH is 1. The Bertz CT molecular complexity index is 156. The van der Waals surface area contributed by atoms with Crippen LogP contribution in [0.4, 0.5) is 4.79 Å². The second kappa shape index (κ2) is 5.18. The van der Waals surface area contributed by atoms with Crippen LogP contribution in [0.15, 0.2) is 0 Å². The van der Waals surface area contributed by atoms with Crippen LogP contribution in [0, 0.1) is 0 Å². The summed E-state index contributed by atoms with van der Waals surface area (Å²) in [6.45, 7) is 1.56. The molecule has 72 valence electrons. The lowest BCUT2D eigenvalue weighted by Gasteiger charge is -2.32. The zero-order valence-electron chi connectivity index (χ0n) is 6.56. The van der Waals surface area contributed by atoms with Gasteiger partial charge in [0.2, 0.25) is 0 Å². The normalized spacial score (nSPS) is 23.1. The van der Waals surface area contributed by atoms with Gasteiger partial charge in [-0.05, 0) is 0 Å². The van der Waals surface area contributed by atoms with Gasteiger partial charge < -0.3 is 20.4 Å². The number of amides is 1. The van der Waals surface area contributed by atoms with E-state index in [4.69, 9.17) is 10.2 Å². The van der Waals surface area contributed by atoms with E-state index < -0.39 is 6.09 Å². The molecule has 5 nitrogen and oxygen atoms in total. The fraction of sp³-hybridized carbons (Fsp3) is 0.833. The van der Waals surface area contributed by atoms with Crippen molar-refractivity contribution in [1.82, 2.24) is 10.2 Å². The van der Waals surface area contributed by atoms with Gasteiger partial charge in [-0.15, -0.1) is 12.4 Å². The summed E-state index contributed by atoms with van der Waals surface area (Å²) in [6.07, 6.45) is -0.953. The number of hydrogen-bond donors (Lipinski definition) is 3. The number of halogens is 1. The molecule has 1 atom stereocenters. The Morgan fingerprint density at radius 1 is 1.67 bits per heavy atom. The fourth-order valence-electron chi connectivity index (χ4n) is 1.18. The van der Waals surface area contributed by atoms with E-state index in [2.05, 4.69) is 5.32 Å². The van der Waals surface area contributed by atoms with Crippen molar-refractivity contribution >= 4 is 18.5 Å². The van der Waals surface area contributed by atoms with Crippen molar-refractivity contribution in [2.75, 3.05) is 26.2 Å². The highest BCUT2D eigenvalue weighted by atomic mass is 35.5. The number of carboxylic acid groups (broad SMARTS) is 1. The SMILES string of the molecule is Cl.O=C(O)N1CCNC[C@@H]1CO. The molecule has 1 heterocycles. The lowest BCUT2D eigenvalue weighted by molar-refractivity contribution is 0.0846. The van der Waals surface area contributed by atoms with Crippen LogP contribution in [0.3, 0.4) is 0 Å². The van der Waals surface area contributed by atoms with Gasteiger partial charge in [-0.25, -0.2) is 4.79 Å². The summed E-state index contributed by atoms with van der Waals surface area (Å²) in [6, 6.07) is -0.277. The van der Waals surface area contributed by atoms with Crippen LogP contribution >= 0.6 is 12.4 Å². The largest absolute Gasteiger partial charge is 0.465 e. The van der Waals surface area contributed by atoms with E-state index in [0.29, 0.717) is 19.6 Å². The second-order valence-corrected chi connectivity index (χ2v) is 2.52. The van der Waals surface area contributed by atoms with Gasteiger partial charge >= 0.3 is 6.09 Å². The minimum Gasteiger partial charge on any atom is -0.465 e. The number of rotatable bonds is 1. The van der Waals surface area contributed by atoms with E-state index in [-0.39, 0.29) is 25.1 Å². The molecule has 1 rings (SSSR count). The van der Waals surface area contributed by atoms with Crippen LogP contribution in [0.25, 0.3) is 0 Å². The first-order valence-electron chi connectivity index (χ1n) is 3.57. The molecule has 0 saturated carbocycles. The van der Waals surface area contributed by atoms with Gasteiger partial charge in [0.1, 0.15) is 0 Å². The molecule has 0 bridgehead atoms. The summed E-state index contributed by atoms with van der Waals surface area (Å²) < 4.78 is 0. The van der Waals surface area contributed by atoms with Crippen LogP contribution in [0.5, 0.6) is 0 Å². The molecule has 1 aliphatic rings. The third kappa shape index (κ3) is 2.51. The Labute approximate surface area is 76.8 Å². The predicted octanol–water partition coefficient (Wildman–Crippen LogP) is -0.648. The van der Waals surface area contributed by atoms with Crippen molar-refractivity contribution in [3.05, 3.63) is 0 Å². The van der Waals surface area contributed by atoms with E-state index in [0.717, 1.165) is 0 Å². The Kier molecular flexibility index (Phi) is 4.96. The van der Waals surface area contributed by atoms with Crippen LogP contribution in [0.2, 0.25) is 0 Å². The molecule has 6 heteroatoms. The van der Waals surface area contributed by atoms with Gasteiger partial charge in [0.25, 0.3) is 0 Å². The first-order valence-corrected chi connectivity index (χ1v) is 3.57. The Hall–Kier alpha value is -0.520. The molecular formula is C6H13ClN2O3. The maximum atomic E-state index is 10.5. The topological polar surface area (TPSA) is 72.8 Å². The highest BCUT2D eigenvalue weighted by Gasteiger charge is 2.24. The number of nitrogens with one attached hydrogen (secondary N) is 1. The summed E-state index contributed by atoms with van der Waals surface area (Å²) in [5.41, 5.74) is 0. The maximum Gasteiger partial charge on any atom is 0.407 e. The molecule has 0 aliphatic carbocycles. The average molecular weight is 197 g/mol. The van der Waals surface area contributed by atoms with Crippen LogP contribution in [0.1, 0.15) is 0 Å². The number of aliphatic hydroxyl groups is 1. The Balaban J connectivity index is 0.00000121. The van der Waals surface area contributed by atoms with E-state index >= 15 is 0 Å². The first kappa shape index (κ1) is 11.5. The molecule has 1 amide bonds. The van der Waals surface area contributed by atoms with Crippen molar-refractivity contribution in [3.8, 4) is 0 Å². The molecule has 1 saturated heterocycles. The van der Waals surface area contributed by atoms with E-state index in [1.807, 2.05) is 0 Å². The summed E-state index contributed by atoms with van der Waals surface area (Å²) in [4.78, 5) is 11.8. The van der Waals surface area contributed by atoms with Crippen molar-refractivity contribution in [2.24, 2.45) is 0 Å². The zero-order chi connectivity index (χ0) is 8.27. The van der Waals surface area contributed by atoms with Crippen molar-refractivity contribution in [1.29, 1.82) is 0 Å². The van der Waals surface area contributed by atoms with Crippen molar-refractivity contribution in [2.45, 2.75) is 6.04 Å². The molecule has 3 N–H and O–H groups in total. The lowest BCUT2D eigenvalue weighted by Crippen LogP contribution is -2.54. The monoisotopic (exact) mass is 196 g/mol. The van der Waals surface area contributed by atoms with Crippen LogP contribution in [-0.4, -0.2) is 53.5 Å². The molecule has 0 aromatic rings. The summed E-state index contributed by atoms with van der Waals surface area (Å²) >= 11 is 0. The van der Waals surface area contributed by atoms with Gasteiger partial charge in [-0.3, -0.25) is 0 Å². The molecule has 0 radical (unpaired) electrons. The molecule has 0 spiro atoms. The van der Waals surface area contributed by atoms with Gasteiger partial charge in [0, 0.05) is 19.6 Å². The fourth-order valence-corrected chi connectivity index (χ4v) is 1.18. The molecule has 0 aromatic carbocycles. The first-order chi connectivity index (χ1) is 5.25. The van der Waals surface area contributed by atoms with Crippen LogP contribution in [-0.2, 0) is 0 Å². The number of nitrogens with zero attached hydrogens (tertiary/aromatic N) is 1. The lowest BCUT2D eigenvalue weighted by atomic mass is 10.2. The summed E-state index contributed by atoms with van der Waals surface area (Å²) in [7, 11) is 0. The van der Waals surface area contributed by atoms with Gasteiger partial charge in [-0.1, -0.05) is 0 Å². The molecule has 1 fully saturated rings. The van der Waals surface area contributed by atoms with E-state index in [9.17, 15) is 4.79 Å². The second-order valence-electron chi connectivity index (χ2n) is 2.52. The van der Waals surface area contributed by atoms with E-state index in [1.165, 1.54) is 4.90 Å². The van der Waals surface area contributed by atoms with Gasteiger partial charge in [0.05, 0.1) is 12.6 Å². The Morgan fingerprint density at radius 2 is 2.33 bits per heavy atom. The molecular weight excluding hydrogens is 184 g/mol. The highest BCUT2D eigenvalue weighted by Crippen LogP contribution is 2.01. The third-order valence-corrected chi connectivity index (χ3v) is 1.81. The smallest absolute Gasteiger partial charge is 0.407 e. The number of hydrogen-bond acceptors (Lipinski definition) is 3. The quantitative estimate of drug-likeness (QED) is 0.521. The standard InChI is InChI=1S/C6H12N2O3.ClH/c9-4-5-3-7-1-2-8(5)6(10)11;/h5,7,9H,1-4H2,(H,10,11);1H/t5-;/m1./s1. The van der Waals surface area contributed by atoms with E-state index in [1.54, 1.807) is 0 Å². The minimum atomic E-state index is -0.953. The summed E-state index contributed by atoms with van der Waals surface area (Å²) in [5.74, 6) is 0. The predicted molar refractivity (Wildman–Crippen MR) is 45.7 cm³/mol. The molecule has 0 unspecified atom stereocenters. The summed E-state index contributed by atoms with van der Waals surface area (Å²) in [5, 5.41) is 20.4. The molecule has 0 aromatic heterocycles. The number of piperazine rings is 1. The zero-order valence-corrected chi connectivity index (χ0v) is 7.38. The third-order valence-electron chi connectivity index (χ3n) is 1.81. The average Bonchev–Trinajstić information content (AvgIpc) is 2.04. The minimum absolute atomic E-state index is 0. The maximum absolute atomic E-state index is 10.5. The van der Waals surface area contributed by atoms with Crippen molar-refractivity contribution < 1.29 is 15.0 Å². The highest BCUT2D eigenvalue weighted by molar-refractivity contribution is 5.85. The van der Waals surface area contributed by atoms with Gasteiger partial charge in [0.15, 0.2) is 0 Å². The molecule has 1 aliphatic heterocycles. The Morgan fingerprint density at radius 3 is 2.75 bits per heavy atom. The van der Waals surface area contributed by atoms with Gasteiger partial charge in [-0.2, -0.15) is 0 Å². The van der Waals surface area contributed by atoms with Crippen molar-refractivity contribution in [3.63, 3.8) is 0 Å². The number of carbonyl (C=O) groups is 1. The van der Waals surface area contributed by atoms with Crippen LogP contribution < -0.4 is 5.32 Å².